The molecule has 3 rings (SSSR count). The van der Waals surface area contributed by atoms with Gasteiger partial charge >= 0.3 is 6.09 Å². The van der Waals surface area contributed by atoms with Crippen LogP contribution in [0.5, 0.6) is 5.88 Å². The van der Waals surface area contributed by atoms with Crippen LogP contribution < -0.4 is 10.1 Å². The number of hydrogen-bond donors (Lipinski definition) is 2. The molecule has 0 aliphatic rings. The zero-order valence-corrected chi connectivity index (χ0v) is 18.0. The molecule has 0 radical (unpaired) electrons. The number of ketones is 1. The number of benzene rings is 2. The van der Waals surface area contributed by atoms with E-state index < -0.39 is 35.1 Å². The molecule has 3 aromatic rings. The Kier molecular flexibility index (Phi) is 7.02. The first-order valence-corrected chi connectivity index (χ1v) is 10.3. The molecule has 168 valence electrons. The van der Waals surface area contributed by atoms with E-state index in [1.54, 1.807) is 25.1 Å². The third-order valence-electron chi connectivity index (χ3n) is 4.99. The highest BCUT2D eigenvalue weighted by Gasteiger charge is 2.25. The number of carbonyl (C=O) groups excluding carboxylic acids is 1. The zero-order valence-electron chi connectivity index (χ0n) is 18.0. The van der Waals surface area contributed by atoms with Crippen molar-refractivity contribution in [2.75, 3.05) is 6.61 Å². The van der Waals surface area contributed by atoms with Crippen LogP contribution in [0.2, 0.25) is 0 Å². The lowest BCUT2D eigenvalue weighted by Gasteiger charge is -2.20. The summed E-state index contributed by atoms with van der Waals surface area (Å²) in [6.07, 6.45) is 0.509. The molecule has 0 saturated carbocycles. The molecule has 1 aromatic heterocycles. The van der Waals surface area contributed by atoms with Gasteiger partial charge in [-0.1, -0.05) is 26.0 Å². The monoisotopic (exact) mass is 442 g/mol. The van der Waals surface area contributed by atoms with Gasteiger partial charge in [-0.2, -0.15) is 0 Å². The lowest BCUT2D eigenvalue weighted by Crippen LogP contribution is -2.28. The highest BCUT2D eigenvalue weighted by atomic mass is 19.1. The average molecular weight is 442 g/mol. The molecule has 8 heteroatoms. The van der Waals surface area contributed by atoms with Crippen LogP contribution in [0.15, 0.2) is 42.6 Å². The summed E-state index contributed by atoms with van der Waals surface area (Å²) >= 11 is 0. The summed E-state index contributed by atoms with van der Waals surface area (Å²) < 4.78 is 35.5. The van der Waals surface area contributed by atoms with Crippen LogP contribution in [0.1, 0.15) is 54.7 Å². The van der Waals surface area contributed by atoms with Crippen molar-refractivity contribution in [2.45, 2.75) is 33.2 Å². The first-order chi connectivity index (χ1) is 15.2. The Balaban J connectivity index is 2.06. The average Bonchev–Trinajstić information content (AvgIpc) is 2.72. The number of carboxylic acid groups (broad SMARTS) is 1. The molecule has 6 nitrogen and oxygen atoms in total. The van der Waals surface area contributed by atoms with Gasteiger partial charge in [0.1, 0.15) is 11.6 Å². The van der Waals surface area contributed by atoms with Gasteiger partial charge in [0, 0.05) is 17.1 Å². The minimum atomic E-state index is -1.30. The number of rotatable bonds is 8. The van der Waals surface area contributed by atoms with Crippen molar-refractivity contribution < 1.29 is 28.2 Å². The summed E-state index contributed by atoms with van der Waals surface area (Å²) in [6.45, 7) is 5.91. The van der Waals surface area contributed by atoms with Gasteiger partial charge in [0.25, 0.3) is 0 Å². The molecule has 2 N–H and O–H groups in total. The van der Waals surface area contributed by atoms with Crippen molar-refractivity contribution in [3.63, 3.8) is 0 Å². The molecule has 32 heavy (non-hydrogen) atoms. The van der Waals surface area contributed by atoms with Crippen molar-refractivity contribution in [1.82, 2.24) is 10.3 Å². The Morgan fingerprint density at radius 2 is 1.81 bits per heavy atom. The van der Waals surface area contributed by atoms with Gasteiger partial charge in [-0.25, -0.2) is 18.6 Å². The van der Waals surface area contributed by atoms with Crippen LogP contribution in [-0.4, -0.2) is 28.6 Å². The molecular formula is C24H24F2N2O4. The number of amides is 1. The highest BCUT2D eigenvalue weighted by Crippen LogP contribution is 2.30. The van der Waals surface area contributed by atoms with Gasteiger partial charge in [-0.05, 0) is 54.5 Å². The minimum Gasteiger partial charge on any atom is -0.478 e. The van der Waals surface area contributed by atoms with E-state index in [9.17, 15) is 9.59 Å². The summed E-state index contributed by atoms with van der Waals surface area (Å²) in [7, 11) is 0. The number of nitrogens with zero attached hydrogens (tertiary/aromatic N) is 1. The van der Waals surface area contributed by atoms with E-state index in [4.69, 9.17) is 9.84 Å². The van der Waals surface area contributed by atoms with Crippen molar-refractivity contribution in [3.05, 3.63) is 70.9 Å². The first-order valence-electron chi connectivity index (χ1n) is 10.3. The second-order valence-electron chi connectivity index (χ2n) is 7.77. The van der Waals surface area contributed by atoms with E-state index in [-0.39, 0.29) is 17.0 Å². The summed E-state index contributed by atoms with van der Waals surface area (Å²) in [5.41, 5.74) is -0.471. The van der Waals surface area contributed by atoms with Crippen LogP contribution in [0, 0.1) is 17.6 Å². The molecule has 0 saturated heterocycles. The predicted octanol–water partition coefficient (Wildman–Crippen LogP) is 5.50. The van der Waals surface area contributed by atoms with Gasteiger partial charge in [-0.3, -0.25) is 4.79 Å². The molecular weight excluding hydrogens is 418 g/mol. The fraction of sp³-hybridized carbons (Fsp3) is 0.292. The van der Waals surface area contributed by atoms with Crippen LogP contribution >= 0.6 is 0 Å². The third-order valence-corrected chi connectivity index (χ3v) is 4.99. The second kappa shape index (κ2) is 9.72. The first kappa shape index (κ1) is 23.1. The van der Waals surface area contributed by atoms with E-state index in [0.29, 0.717) is 29.7 Å². The predicted molar refractivity (Wildman–Crippen MR) is 116 cm³/mol. The maximum Gasteiger partial charge on any atom is 0.405 e. The van der Waals surface area contributed by atoms with E-state index in [0.717, 1.165) is 12.1 Å². The fourth-order valence-corrected chi connectivity index (χ4v) is 3.67. The van der Waals surface area contributed by atoms with Crippen LogP contribution in [0.4, 0.5) is 13.6 Å². The highest BCUT2D eigenvalue weighted by molar-refractivity contribution is 6.17. The summed E-state index contributed by atoms with van der Waals surface area (Å²) in [5.74, 6) is -2.53. The number of halogens is 2. The molecule has 0 spiro atoms. The number of aromatic nitrogens is 1. The number of fused-ring (bicyclic) bond motifs is 1. The Hall–Kier alpha value is -3.55. The van der Waals surface area contributed by atoms with Crippen LogP contribution in [0.3, 0.4) is 0 Å². The topological polar surface area (TPSA) is 88.5 Å². The largest absolute Gasteiger partial charge is 0.478 e. The minimum absolute atomic E-state index is 0.0723. The number of hydrogen-bond acceptors (Lipinski definition) is 4. The lowest BCUT2D eigenvalue weighted by atomic mass is 9.93. The van der Waals surface area contributed by atoms with Gasteiger partial charge in [0.15, 0.2) is 5.78 Å². The number of ether oxygens (including phenoxy) is 1. The molecule has 0 aliphatic carbocycles. The van der Waals surface area contributed by atoms with Crippen molar-refractivity contribution >= 4 is 22.6 Å². The lowest BCUT2D eigenvalue weighted by molar-refractivity contribution is 0.103. The quantitative estimate of drug-likeness (QED) is 0.450. The van der Waals surface area contributed by atoms with Crippen LogP contribution in [-0.2, 0) is 0 Å². The van der Waals surface area contributed by atoms with E-state index in [1.807, 2.05) is 13.8 Å². The summed E-state index contributed by atoms with van der Waals surface area (Å²) in [4.78, 5) is 28.4. The molecule has 1 unspecified atom stereocenters. The summed E-state index contributed by atoms with van der Waals surface area (Å²) in [5, 5.41) is 12.4. The van der Waals surface area contributed by atoms with Crippen molar-refractivity contribution in [2.24, 2.45) is 5.92 Å². The smallest absolute Gasteiger partial charge is 0.405 e. The van der Waals surface area contributed by atoms with Gasteiger partial charge < -0.3 is 15.2 Å². The van der Waals surface area contributed by atoms with Crippen molar-refractivity contribution in [1.29, 1.82) is 0 Å². The molecule has 1 amide bonds. The maximum atomic E-state index is 15.0. The normalized spacial score (nSPS) is 12.1. The molecule has 1 heterocycles. The van der Waals surface area contributed by atoms with Crippen LogP contribution in [0.25, 0.3) is 10.8 Å². The van der Waals surface area contributed by atoms with Gasteiger partial charge in [0.05, 0.1) is 18.2 Å². The maximum absolute atomic E-state index is 15.0. The summed E-state index contributed by atoms with van der Waals surface area (Å²) in [6, 6.07) is 7.60. The Labute approximate surface area is 184 Å². The third kappa shape index (κ3) is 4.85. The van der Waals surface area contributed by atoms with E-state index >= 15 is 8.78 Å². The Morgan fingerprint density at radius 1 is 1.12 bits per heavy atom. The van der Waals surface area contributed by atoms with Crippen molar-refractivity contribution in [3.8, 4) is 5.88 Å². The SMILES string of the molecule is CCOc1nccc2c(C(=O)c3c(F)cc(C(CC(C)C)NC(=O)O)cc3F)cccc12. The fourth-order valence-electron chi connectivity index (χ4n) is 3.67. The van der Waals surface area contributed by atoms with Gasteiger partial charge in [-0.15, -0.1) is 0 Å². The second-order valence-corrected chi connectivity index (χ2v) is 7.77. The van der Waals surface area contributed by atoms with Gasteiger partial charge in [0.2, 0.25) is 5.88 Å². The molecule has 0 aliphatic heterocycles. The zero-order chi connectivity index (χ0) is 23.4. The van der Waals surface area contributed by atoms with E-state index in [1.165, 1.54) is 12.3 Å². The molecule has 1 atom stereocenters. The number of pyridine rings is 1. The standard InChI is InChI=1S/C24H24F2N2O4/c1-4-32-23-17-7-5-6-16(15(17)8-9-27-23)22(29)21-18(25)11-14(12-19(21)26)20(10-13(2)3)28-24(30)31/h5-9,11-13,20,28H,4,10H2,1-3H3,(H,30,31). The Bertz CT molecular complexity index is 1140. The number of carbonyl (C=O) groups is 2. The molecule has 0 bridgehead atoms. The number of nitrogens with one attached hydrogen (secondary N) is 1. The molecule has 0 fully saturated rings. The Morgan fingerprint density at radius 3 is 2.41 bits per heavy atom. The van der Waals surface area contributed by atoms with E-state index in [2.05, 4.69) is 10.3 Å². The molecule has 2 aromatic carbocycles.